The first-order chi connectivity index (χ1) is 35.4. The Bertz CT molecular complexity index is 3380. The molecular formula is C62H44O8P2-2. The van der Waals surface area contributed by atoms with Crippen LogP contribution in [0.15, 0.2) is 249 Å². The molecule has 10 aromatic rings. The fourth-order valence-corrected chi connectivity index (χ4v) is 10.2. The van der Waals surface area contributed by atoms with Gasteiger partial charge in [-0.3, -0.25) is 4.79 Å². The van der Waals surface area contributed by atoms with E-state index in [4.69, 9.17) is 22.8 Å². The van der Waals surface area contributed by atoms with E-state index in [2.05, 4.69) is 0 Å². The average Bonchev–Trinajstić information content (AvgIpc) is 3.44. The van der Waals surface area contributed by atoms with Gasteiger partial charge in [0.05, 0.1) is 18.2 Å². The molecule has 0 atom stereocenters. The van der Waals surface area contributed by atoms with Crippen molar-refractivity contribution in [3.05, 3.63) is 260 Å². The van der Waals surface area contributed by atoms with Gasteiger partial charge in [-0.25, -0.2) is 0 Å². The molecule has 0 amide bonds. The number of hydrogen-bond donors (Lipinski definition) is 0. The van der Waals surface area contributed by atoms with Gasteiger partial charge in [0.1, 0.15) is 28.7 Å². The van der Waals surface area contributed by atoms with Gasteiger partial charge in [-0.05, 0) is 68.8 Å². The molecule has 0 spiro atoms. The number of ketones is 1. The average molecular weight is 979 g/mol. The van der Waals surface area contributed by atoms with E-state index < -0.39 is 23.0 Å². The highest BCUT2D eigenvalue weighted by molar-refractivity contribution is 7.43. The zero-order valence-corrected chi connectivity index (χ0v) is 40.6. The highest BCUT2D eigenvalue weighted by Gasteiger charge is 2.33. The third-order valence-electron chi connectivity index (χ3n) is 12.0. The van der Waals surface area contributed by atoms with Crippen LogP contribution in [0.5, 0.6) is 28.7 Å². The van der Waals surface area contributed by atoms with Crippen LogP contribution in [0.25, 0.3) is 66.8 Å². The Morgan fingerprint density at radius 2 is 0.694 bits per heavy atom. The molecular weight excluding hydrogens is 935 g/mol. The highest BCUT2D eigenvalue weighted by Crippen LogP contribution is 2.53. The lowest BCUT2D eigenvalue weighted by molar-refractivity contribution is -0.310. The molecule has 0 N–H and O–H groups in total. The predicted octanol–water partition coefficient (Wildman–Crippen LogP) is 15.0. The van der Waals surface area contributed by atoms with Crippen molar-refractivity contribution in [2.45, 2.75) is 0 Å². The largest absolute Gasteiger partial charge is 0.810 e. The molecule has 0 fully saturated rings. The van der Waals surface area contributed by atoms with Crippen molar-refractivity contribution in [3.8, 4) is 95.5 Å². The smallest absolute Gasteiger partial charge is 0.530 e. The summed E-state index contributed by atoms with van der Waals surface area (Å²) in [6.07, 6.45) is 0. The Labute approximate surface area is 421 Å². The van der Waals surface area contributed by atoms with Gasteiger partial charge in [-0.1, -0.05) is 227 Å². The first kappa shape index (κ1) is 47.3. The number of carbonyl (C=O) groups excluding carboxylic acids is 1. The van der Waals surface area contributed by atoms with Gasteiger partial charge in [-0.15, -0.1) is 0 Å². The SMILES string of the molecule is COc1cc(OP([O-])[O-])c(C(=O)c2ccccc2OP(Oc2ccccc2-c2ccccc2)Oc2ccccc2-c2ccccc2)c(-c2ccccc2-c2ccccc2)c1-c1ccccc1-c1ccccc1. The van der Waals surface area contributed by atoms with Gasteiger partial charge in [-0.2, -0.15) is 0 Å². The second kappa shape index (κ2) is 22.2. The molecule has 0 heterocycles. The summed E-state index contributed by atoms with van der Waals surface area (Å²) in [7, 11) is -4.43. The normalized spacial score (nSPS) is 11.0. The number of benzene rings is 10. The number of ether oxygens (including phenoxy) is 1. The van der Waals surface area contributed by atoms with Crippen LogP contribution in [-0.4, -0.2) is 12.9 Å². The van der Waals surface area contributed by atoms with Crippen LogP contribution >= 0.6 is 17.2 Å². The molecule has 0 saturated heterocycles. The second-order valence-corrected chi connectivity index (χ2v) is 18.0. The first-order valence-electron chi connectivity index (χ1n) is 23.1. The Morgan fingerprint density at radius 1 is 0.347 bits per heavy atom. The number of methoxy groups -OCH3 is 1. The lowest BCUT2D eigenvalue weighted by Gasteiger charge is -2.32. The van der Waals surface area contributed by atoms with Crippen molar-refractivity contribution in [3.63, 3.8) is 0 Å². The second-order valence-electron chi connectivity index (χ2n) is 16.4. The summed E-state index contributed by atoms with van der Waals surface area (Å²) in [4.78, 5) is 41.8. The molecule has 72 heavy (non-hydrogen) atoms. The Morgan fingerprint density at radius 3 is 1.14 bits per heavy atom. The van der Waals surface area contributed by atoms with Crippen molar-refractivity contribution < 1.29 is 37.4 Å². The van der Waals surface area contributed by atoms with Crippen LogP contribution in [0.2, 0.25) is 0 Å². The van der Waals surface area contributed by atoms with Crippen LogP contribution in [0.4, 0.5) is 0 Å². The summed E-state index contributed by atoms with van der Waals surface area (Å²) in [5.74, 6) is 0.545. The Balaban J connectivity index is 1.19. The van der Waals surface area contributed by atoms with E-state index in [1.807, 2.05) is 218 Å². The zero-order chi connectivity index (χ0) is 49.2. The molecule has 352 valence electrons. The molecule has 0 radical (unpaired) electrons. The van der Waals surface area contributed by atoms with Crippen LogP contribution in [0.1, 0.15) is 15.9 Å². The summed E-state index contributed by atoms with van der Waals surface area (Å²) in [5.41, 5.74) is 9.17. The molecule has 8 nitrogen and oxygen atoms in total. The van der Waals surface area contributed by atoms with Gasteiger partial charge in [0.2, 0.25) is 5.78 Å². The van der Waals surface area contributed by atoms with Gasteiger partial charge in [0.15, 0.2) is 0 Å². The maximum atomic E-state index is 16.2. The van der Waals surface area contributed by atoms with E-state index in [-0.39, 0.29) is 28.4 Å². The fourth-order valence-electron chi connectivity index (χ4n) is 8.82. The van der Waals surface area contributed by atoms with Crippen LogP contribution < -0.4 is 32.6 Å². The van der Waals surface area contributed by atoms with Crippen LogP contribution in [0.3, 0.4) is 0 Å². The number of hydrogen-bond acceptors (Lipinski definition) is 8. The van der Waals surface area contributed by atoms with E-state index in [0.717, 1.165) is 50.1 Å². The van der Waals surface area contributed by atoms with Crippen LogP contribution in [-0.2, 0) is 0 Å². The molecule has 10 aromatic carbocycles. The van der Waals surface area contributed by atoms with Crippen molar-refractivity contribution in [1.82, 2.24) is 0 Å². The maximum absolute atomic E-state index is 16.2. The van der Waals surface area contributed by atoms with E-state index in [9.17, 15) is 9.79 Å². The van der Waals surface area contributed by atoms with Crippen LogP contribution in [0, 0.1) is 0 Å². The third kappa shape index (κ3) is 10.3. The standard InChI is InChI=1S/C62H44O8P2/c1-66-57-42-58(67-71(64)65)61(60(52-37-17-15-33-48(52)44-26-8-3-9-27-44)59(57)51-36-16-14-32-47(51)43-24-6-2-7-25-43)62(63)53-38-20-23-41-56(53)70-72(68-54-39-21-18-34-49(54)45-28-10-4-11-29-45)69-55-40-22-19-35-50(55)46-30-12-5-13-31-46/h2-42H,1H3/q-2. The van der Waals surface area contributed by atoms with Crippen molar-refractivity contribution in [2.24, 2.45) is 0 Å². The molecule has 0 aliphatic heterocycles. The van der Waals surface area contributed by atoms with Gasteiger partial charge in [0.25, 0.3) is 0 Å². The van der Waals surface area contributed by atoms with E-state index in [1.165, 1.54) is 13.2 Å². The maximum Gasteiger partial charge on any atom is 0.530 e. The van der Waals surface area contributed by atoms with Crippen molar-refractivity contribution >= 4 is 23.0 Å². The summed E-state index contributed by atoms with van der Waals surface area (Å²) in [6, 6.07) is 78.4. The summed E-state index contributed by atoms with van der Waals surface area (Å²) in [5, 5.41) is 0. The minimum absolute atomic E-state index is 0.0395. The lowest BCUT2D eigenvalue weighted by atomic mass is 9.81. The fraction of sp³-hybridized carbons (Fsp3) is 0.0161. The molecule has 10 heteroatoms. The third-order valence-corrected chi connectivity index (χ3v) is 13.4. The first-order valence-corrected chi connectivity index (χ1v) is 25.3. The summed E-state index contributed by atoms with van der Waals surface area (Å²) >= 11 is 0. The number of para-hydroxylation sites is 3. The quantitative estimate of drug-likeness (QED) is 0.0655. The molecule has 0 aliphatic carbocycles. The summed E-state index contributed by atoms with van der Waals surface area (Å²) in [6.45, 7) is 0. The van der Waals surface area contributed by atoms with E-state index in [1.54, 1.807) is 24.3 Å². The van der Waals surface area contributed by atoms with E-state index >= 15 is 4.79 Å². The highest BCUT2D eigenvalue weighted by atomic mass is 31.2. The minimum Gasteiger partial charge on any atom is -0.810 e. The Kier molecular flexibility index (Phi) is 14.6. The van der Waals surface area contributed by atoms with Crippen molar-refractivity contribution in [1.29, 1.82) is 0 Å². The molecule has 0 unspecified atom stereocenters. The molecule has 10 rings (SSSR count). The monoisotopic (exact) mass is 978 g/mol. The minimum atomic E-state index is -3.54. The van der Waals surface area contributed by atoms with Gasteiger partial charge >= 0.3 is 8.60 Å². The van der Waals surface area contributed by atoms with Gasteiger partial charge < -0.3 is 32.6 Å². The molecule has 0 aliphatic rings. The lowest BCUT2D eigenvalue weighted by Crippen LogP contribution is -2.16. The zero-order valence-electron chi connectivity index (χ0n) is 38.8. The Hall–Kier alpha value is -8.35. The molecule has 0 saturated carbocycles. The summed E-state index contributed by atoms with van der Waals surface area (Å²) < 4.78 is 32.4. The van der Waals surface area contributed by atoms with E-state index in [0.29, 0.717) is 28.2 Å². The topological polar surface area (TPSA) is 109 Å². The molecule has 0 bridgehead atoms. The predicted molar refractivity (Wildman–Crippen MR) is 285 cm³/mol. The van der Waals surface area contributed by atoms with Gasteiger partial charge in [0, 0.05) is 28.3 Å². The van der Waals surface area contributed by atoms with Crippen molar-refractivity contribution in [2.75, 3.05) is 7.11 Å². The number of carbonyl (C=O) groups is 1. The number of rotatable bonds is 17. The molecule has 0 aromatic heterocycles.